The van der Waals surface area contributed by atoms with Crippen molar-refractivity contribution in [3.05, 3.63) is 70.5 Å². The summed E-state index contributed by atoms with van der Waals surface area (Å²) < 4.78 is 8.60. The van der Waals surface area contributed by atoms with Crippen LogP contribution in [-0.4, -0.2) is 37.1 Å². The molecule has 0 aliphatic rings. The molecule has 2 heterocycles. The molecule has 3 aromatic rings. The molecule has 0 saturated carbocycles. The third-order valence-electron chi connectivity index (χ3n) is 3.78. The minimum Gasteiger partial charge on any atom is -0.491 e. The number of hydrogen-bond acceptors (Lipinski definition) is 5. The molecule has 0 unspecified atom stereocenters. The average molecular weight is 340 g/mol. The van der Waals surface area contributed by atoms with Gasteiger partial charge in [0.15, 0.2) is 5.82 Å². The molecule has 0 aliphatic heterocycles. The summed E-state index contributed by atoms with van der Waals surface area (Å²) in [5, 5.41) is 14.5. The predicted molar refractivity (Wildman–Crippen MR) is 93.0 cm³/mol. The maximum atomic E-state index is 12.0. The van der Waals surface area contributed by atoms with Crippen molar-refractivity contribution < 1.29 is 9.84 Å². The number of ether oxygens (including phenoxy) is 1. The average Bonchev–Trinajstić information content (AvgIpc) is 3.12. The molecule has 7 nitrogen and oxygen atoms in total. The van der Waals surface area contributed by atoms with Crippen molar-refractivity contribution in [2.24, 2.45) is 0 Å². The molecule has 3 rings (SSSR count). The SMILES string of the molecule is Cc1ccc(C)c(OC[C@@H](O)Cn2nc(-n3ccnc3)ccc2=O)c1. The lowest BCUT2D eigenvalue weighted by Crippen LogP contribution is -2.32. The van der Waals surface area contributed by atoms with Crippen LogP contribution in [0.4, 0.5) is 0 Å². The number of nitrogens with zero attached hydrogens (tertiary/aromatic N) is 4. The Hall–Kier alpha value is -2.93. The first-order chi connectivity index (χ1) is 12.0. The van der Waals surface area contributed by atoms with E-state index < -0.39 is 6.10 Å². The summed E-state index contributed by atoms with van der Waals surface area (Å²) in [6, 6.07) is 8.92. The van der Waals surface area contributed by atoms with Crippen molar-refractivity contribution in [2.45, 2.75) is 26.5 Å². The second-order valence-electron chi connectivity index (χ2n) is 5.92. The Bertz CT molecular complexity index is 903. The van der Waals surface area contributed by atoms with Gasteiger partial charge in [-0.3, -0.25) is 9.36 Å². The van der Waals surface area contributed by atoms with Crippen molar-refractivity contribution in [3.63, 3.8) is 0 Å². The zero-order valence-electron chi connectivity index (χ0n) is 14.2. The van der Waals surface area contributed by atoms with Crippen molar-refractivity contribution in [1.82, 2.24) is 19.3 Å². The number of aliphatic hydroxyl groups excluding tert-OH is 1. The molecule has 1 atom stereocenters. The topological polar surface area (TPSA) is 82.2 Å². The minimum absolute atomic E-state index is 0.0479. The van der Waals surface area contributed by atoms with Crippen LogP contribution in [0.5, 0.6) is 5.75 Å². The lowest BCUT2D eigenvalue weighted by Gasteiger charge is -2.15. The van der Waals surface area contributed by atoms with E-state index in [2.05, 4.69) is 10.1 Å². The van der Waals surface area contributed by atoms with Crippen molar-refractivity contribution in [2.75, 3.05) is 6.61 Å². The number of aliphatic hydroxyl groups is 1. The summed E-state index contributed by atoms with van der Waals surface area (Å²) in [7, 11) is 0. The van der Waals surface area contributed by atoms with Crippen LogP contribution in [0.2, 0.25) is 0 Å². The fraction of sp³-hybridized carbons (Fsp3) is 0.278. The molecule has 0 aliphatic carbocycles. The largest absolute Gasteiger partial charge is 0.491 e. The number of aromatic nitrogens is 4. The highest BCUT2D eigenvalue weighted by Gasteiger charge is 2.11. The first kappa shape index (κ1) is 16.9. The predicted octanol–water partition coefficient (Wildman–Crippen LogP) is 1.49. The highest BCUT2D eigenvalue weighted by molar-refractivity contribution is 5.35. The Morgan fingerprint density at radius 3 is 2.84 bits per heavy atom. The van der Waals surface area contributed by atoms with Gasteiger partial charge in [-0.1, -0.05) is 12.1 Å². The van der Waals surface area contributed by atoms with Gasteiger partial charge >= 0.3 is 0 Å². The van der Waals surface area contributed by atoms with Crippen LogP contribution >= 0.6 is 0 Å². The fourth-order valence-electron chi connectivity index (χ4n) is 2.40. The van der Waals surface area contributed by atoms with E-state index in [1.807, 2.05) is 32.0 Å². The third-order valence-corrected chi connectivity index (χ3v) is 3.78. The van der Waals surface area contributed by atoms with Crippen molar-refractivity contribution in [1.29, 1.82) is 0 Å². The maximum Gasteiger partial charge on any atom is 0.266 e. The van der Waals surface area contributed by atoms with Gasteiger partial charge in [0, 0.05) is 18.5 Å². The molecule has 1 aromatic carbocycles. The van der Waals surface area contributed by atoms with Crippen LogP contribution < -0.4 is 10.3 Å². The number of rotatable bonds is 6. The summed E-state index contributed by atoms with van der Waals surface area (Å²) in [6.45, 7) is 4.05. The minimum atomic E-state index is -0.858. The van der Waals surface area contributed by atoms with E-state index in [1.54, 1.807) is 29.4 Å². The molecule has 0 spiro atoms. The van der Waals surface area contributed by atoms with E-state index in [4.69, 9.17) is 4.74 Å². The fourth-order valence-corrected chi connectivity index (χ4v) is 2.40. The molecule has 1 N–H and O–H groups in total. The van der Waals surface area contributed by atoms with Crippen LogP contribution in [-0.2, 0) is 6.54 Å². The van der Waals surface area contributed by atoms with Crippen LogP contribution in [0, 0.1) is 13.8 Å². The summed E-state index contributed by atoms with van der Waals surface area (Å²) in [6.07, 6.45) is 4.10. The Kier molecular flexibility index (Phi) is 4.95. The molecule has 25 heavy (non-hydrogen) atoms. The normalized spacial score (nSPS) is 12.1. The summed E-state index contributed by atoms with van der Waals surface area (Å²) >= 11 is 0. The Morgan fingerprint density at radius 2 is 2.08 bits per heavy atom. The summed E-state index contributed by atoms with van der Waals surface area (Å²) in [5.74, 6) is 1.28. The second-order valence-corrected chi connectivity index (χ2v) is 5.92. The number of aryl methyl sites for hydroxylation is 2. The van der Waals surface area contributed by atoms with E-state index in [9.17, 15) is 9.90 Å². The molecule has 0 radical (unpaired) electrons. The zero-order chi connectivity index (χ0) is 17.8. The van der Waals surface area contributed by atoms with E-state index in [1.165, 1.54) is 10.7 Å². The molecule has 0 fully saturated rings. The van der Waals surface area contributed by atoms with Crippen molar-refractivity contribution in [3.8, 4) is 11.6 Å². The molecule has 130 valence electrons. The standard InChI is InChI=1S/C18H20N4O3/c1-13-3-4-14(2)16(9-13)25-11-15(23)10-22-18(24)6-5-17(20-22)21-8-7-19-12-21/h3-9,12,15,23H,10-11H2,1-2H3/t15-/m0/s1. The highest BCUT2D eigenvalue weighted by atomic mass is 16.5. The monoisotopic (exact) mass is 340 g/mol. The first-order valence-electron chi connectivity index (χ1n) is 7.97. The van der Waals surface area contributed by atoms with Crippen LogP contribution in [0.3, 0.4) is 0 Å². The number of imidazole rings is 1. The second kappa shape index (κ2) is 7.31. The van der Waals surface area contributed by atoms with Gasteiger partial charge < -0.3 is 9.84 Å². The molecule has 7 heteroatoms. The van der Waals surface area contributed by atoms with Gasteiger partial charge in [-0.2, -0.15) is 5.10 Å². The van der Waals surface area contributed by atoms with Gasteiger partial charge in [0.05, 0.1) is 6.54 Å². The van der Waals surface area contributed by atoms with Gasteiger partial charge in [0.1, 0.15) is 24.8 Å². The number of hydrogen-bond donors (Lipinski definition) is 1. The van der Waals surface area contributed by atoms with Crippen molar-refractivity contribution >= 4 is 0 Å². The smallest absolute Gasteiger partial charge is 0.266 e. The molecule has 0 saturated heterocycles. The summed E-state index contributed by atoms with van der Waals surface area (Å²) in [5.41, 5.74) is 1.80. The Morgan fingerprint density at radius 1 is 1.24 bits per heavy atom. The van der Waals surface area contributed by atoms with Gasteiger partial charge in [0.25, 0.3) is 5.56 Å². The Balaban J connectivity index is 1.68. The highest BCUT2D eigenvalue weighted by Crippen LogP contribution is 2.19. The summed E-state index contributed by atoms with van der Waals surface area (Å²) in [4.78, 5) is 15.9. The maximum absolute atomic E-state index is 12.0. The first-order valence-corrected chi connectivity index (χ1v) is 7.97. The van der Waals surface area contributed by atoms with Gasteiger partial charge in [-0.25, -0.2) is 9.67 Å². The van der Waals surface area contributed by atoms with E-state index >= 15 is 0 Å². The zero-order valence-corrected chi connectivity index (χ0v) is 14.2. The van der Waals surface area contributed by atoms with Gasteiger partial charge in [-0.15, -0.1) is 0 Å². The van der Waals surface area contributed by atoms with Gasteiger partial charge in [0.2, 0.25) is 0 Å². The number of benzene rings is 1. The molecule has 0 amide bonds. The van der Waals surface area contributed by atoms with Crippen LogP contribution in [0.25, 0.3) is 5.82 Å². The van der Waals surface area contributed by atoms with E-state index in [0.29, 0.717) is 5.82 Å². The third kappa shape index (κ3) is 4.13. The molecule has 2 aromatic heterocycles. The van der Waals surface area contributed by atoms with Crippen LogP contribution in [0.1, 0.15) is 11.1 Å². The molecular weight excluding hydrogens is 320 g/mol. The lowest BCUT2D eigenvalue weighted by atomic mass is 10.1. The Labute approximate surface area is 145 Å². The molecular formula is C18H20N4O3. The van der Waals surface area contributed by atoms with E-state index in [0.717, 1.165) is 16.9 Å². The van der Waals surface area contributed by atoms with Crippen LogP contribution in [0.15, 0.2) is 53.8 Å². The molecule has 0 bridgehead atoms. The lowest BCUT2D eigenvalue weighted by molar-refractivity contribution is 0.0876. The quantitative estimate of drug-likeness (QED) is 0.735. The van der Waals surface area contributed by atoms with E-state index in [-0.39, 0.29) is 18.7 Å². The van der Waals surface area contributed by atoms with Gasteiger partial charge in [-0.05, 0) is 37.1 Å².